The first-order valence-corrected chi connectivity index (χ1v) is 7.66. The molecular formula is C12H15N3O5S. The van der Waals surface area contributed by atoms with E-state index >= 15 is 0 Å². The van der Waals surface area contributed by atoms with Crippen LogP contribution in [0.3, 0.4) is 0 Å². The molecule has 0 bridgehead atoms. The average molecular weight is 313 g/mol. The molecule has 1 aliphatic heterocycles. The number of carbonyl (C=O) groups excluding carboxylic acids is 1. The molecule has 0 aliphatic carbocycles. The number of carbonyl (C=O) groups is 2. The molecule has 0 aromatic heterocycles. The molecule has 1 heterocycles. The average Bonchev–Trinajstić information content (AvgIpc) is 2.63. The van der Waals surface area contributed by atoms with Gasteiger partial charge in [-0.05, 0) is 24.6 Å². The molecule has 0 unspecified atom stereocenters. The van der Waals surface area contributed by atoms with Gasteiger partial charge in [-0.1, -0.05) is 0 Å². The number of nitrogen functional groups attached to an aromatic ring is 1. The van der Waals surface area contributed by atoms with Gasteiger partial charge in [-0.2, -0.15) is 4.31 Å². The predicted molar refractivity (Wildman–Crippen MR) is 74.2 cm³/mol. The Morgan fingerprint density at radius 3 is 2.71 bits per heavy atom. The molecule has 1 fully saturated rings. The Bertz CT molecular complexity index is 686. The van der Waals surface area contributed by atoms with Crippen LogP contribution in [0.4, 0.5) is 5.69 Å². The number of nitrogens with one attached hydrogen (secondary N) is 1. The van der Waals surface area contributed by atoms with Crippen molar-refractivity contribution in [1.29, 1.82) is 0 Å². The van der Waals surface area contributed by atoms with E-state index in [2.05, 4.69) is 5.32 Å². The Labute approximate surface area is 121 Å². The molecule has 9 heteroatoms. The Kier molecular flexibility index (Phi) is 4.14. The minimum Gasteiger partial charge on any atom is -0.478 e. The van der Waals surface area contributed by atoms with Crippen LogP contribution in [-0.4, -0.2) is 49.3 Å². The van der Waals surface area contributed by atoms with Gasteiger partial charge in [-0.25, -0.2) is 13.2 Å². The molecule has 0 saturated carbocycles. The molecule has 1 aromatic rings. The van der Waals surface area contributed by atoms with Crippen molar-refractivity contribution in [3.63, 3.8) is 0 Å². The first-order chi connectivity index (χ1) is 9.82. The molecule has 21 heavy (non-hydrogen) atoms. The van der Waals surface area contributed by atoms with E-state index in [0.29, 0.717) is 13.0 Å². The molecular weight excluding hydrogens is 298 g/mol. The third-order valence-corrected chi connectivity index (χ3v) is 5.02. The zero-order chi connectivity index (χ0) is 15.6. The second kappa shape index (κ2) is 5.70. The highest BCUT2D eigenvalue weighted by Crippen LogP contribution is 2.24. The molecule has 114 valence electrons. The van der Waals surface area contributed by atoms with Crippen LogP contribution in [0.1, 0.15) is 16.8 Å². The van der Waals surface area contributed by atoms with Crippen molar-refractivity contribution in [3.8, 4) is 0 Å². The third kappa shape index (κ3) is 3.14. The van der Waals surface area contributed by atoms with E-state index in [9.17, 15) is 18.0 Å². The fourth-order valence-electron chi connectivity index (χ4n) is 2.04. The van der Waals surface area contributed by atoms with Gasteiger partial charge in [-0.3, -0.25) is 4.79 Å². The van der Waals surface area contributed by atoms with Crippen LogP contribution in [0.15, 0.2) is 23.1 Å². The summed E-state index contributed by atoms with van der Waals surface area (Å²) < 4.78 is 26.1. The summed E-state index contributed by atoms with van der Waals surface area (Å²) in [7, 11) is -3.94. The highest BCUT2D eigenvalue weighted by molar-refractivity contribution is 7.89. The summed E-state index contributed by atoms with van der Waals surface area (Å²) in [6.07, 6.45) is 0.498. The first kappa shape index (κ1) is 15.3. The maximum absolute atomic E-state index is 12.5. The summed E-state index contributed by atoms with van der Waals surface area (Å²) in [5.41, 5.74) is 5.41. The summed E-state index contributed by atoms with van der Waals surface area (Å²) in [6, 6.07) is 3.41. The van der Waals surface area contributed by atoms with Gasteiger partial charge in [0.1, 0.15) is 4.90 Å². The normalized spacial score (nSPS) is 17.0. The number of hydrogen-bond acceptors (Lipinski definition) is 5. The first-order valence-electron chi connectivity index (χ1n) is 6.22. The number of carboxylic acid groups (broad SMARTS) is 1. The van der Waals surface area contributed by atoms with Gasteiger partial charge in [0.05, 0.1) is 17.8 Å². The van der Waals surface area contributed by atoms with E-state index < -0.39 is 16.0 Å². The van der Waals surface area contributed by atoms with E-state index in [1.54, 1.807) is 0 Å². The number of benzene rings is 1. The predicted octanol–water partition coefficient (Wildman–Crippen LogP) is -0.522. The quantitative estimate of drug-likeness (QED) is 0.644. The van der Waals surface area contributed by atoms with Gasteiger partial charge in [0.2, 0.25) is 15.9 Å². The van der Waals surface area contributed by atoms with Crippen molar-refractivity contribution in [3.05, 3.63) is 23.8 Å². The van der Waals surface area contributed by atoms with Crippen LogP contribution in [-0.2, 0) is 14.8 Å². The zero-order valence-electron chi connectivity index (χ0n) is 11.1. The molecule has 8 nitrogen and oxygen atoms in total. The van der Waals surface area contributed by atoms with Crippen molar-refractivity contribution >= 4 is 27.6 Å². The Morgan fingerprint density at radius 1 is 1.38 bits per heavy atom. The number of rotatable bonds is 3. The summed E-state index contributed by atoms with van der Waals surface area (Å²) in [6.45, 7) is 0.335. The topological polar surface area (TPSA) is 130 Å². The van der Waals surface area contributed by atoms with Gasteiger partial charge in [-0.15, -0.1) is 0 Å². The highest BCUT2D eigenvalue weighted by atomic mass is 32.2. The number of sulfonamides is 1. The molecule has 0 radical (unpaired) electrons. The molecule has 1 aliphatic rings. The molecule has 0 atom stereocenters. The Hall–Kier alpha value is -2.13. The van der Waals surface area contributed by atoms with Crippen LogP contribution in [0.25, 0.3) is 0 Å². The minimum atomic E-state index is -3.94. The third-order valence-electron chi connectivity index (χ3n) is 3.10. The Morgan fingerprint density at radius 2 is 2.10 bits per heavy atom. The number of aromatic carboxylic acids is 1. The largest absolute Gasteiger partial charge is 0.478 e. The van der Waals surface area contributed by atoms with Crippen LogP contribution in [0, 0.1) is 0 Å². The maximum Gasteiger partial charge on any atom is 0.335 e. The Balaban J connectivity index is 2.39. The molecule has 4 N–H and O–H groups in total. The zero-order valence-corrected chi connectivity index (χ0v) is 11.9. The van der Waals surface area contributed by atoms with Crippen molar-refractivity contribution in [2.24, 2.45) is 0 Å². The number of carboxylic acids is 1. The second-order valence-electron chi connectivity index (χ2n) is 4.60. The molecule has 1 aromatic carbocycles. The van der Waals surface area contributed by atoms with E-state index in [0.717, 1.165) is 16.4 Å². The van der Waals surface area contributed by atoms with Crippen LogP contribution in [0.5, 0.6) is 0 Å². The number of nitrogens with zero attached hydrogens (tertiary/aromatic N) is 1. The fraction of sp³-hybridized carbons (Fsp3) is 0.333. The minimum absolute atomic E-state index is 0.0972. The van der Waals surface area contributed by atoms with E-state index in [1.807, 2.05) is 0 Å². The molecule has 1 saturated heterocycles. The lowest BCUT2D eigenvalue weighted by molar-refractivity contribution is -0.120. The van der Waals surface area contributed by atoms with Crippen molar-refractivity contribution in [2.75, 3.05) is 25.4 Å². The monoisotopic (exact) mass is 313 g/mol. The molecule has 0 spiro atoms. The molecule has 2 rings (SSSR count). The van der Waals surface area contributed by atoms with Crippen molar-refractivity contribution < 1.29 is 23.1 Å². The summed E-state index contributed by atoms with van der Waals surface area (Å²) in [4.78, 5) is 22.1. The van der Waals surface area contributed by atoms with Gasteiger partial charge < -0.3 is 16.2 Å². The SMILES string of the molecule is Nc1cc(C(=O)O)ccc1S(=O)(=O)N1CCCNC(=O)C1. The van der Waals surface area contributed by atoms with E-state index in [1.165, 1.54) is 6.07 Å². The van der Waals surface area contributed by atoms with Crippen molar-refractivity contribution in [2.45, 2.75) is 11.3 Å². The number of nitrogens with two attached hydrogens (primary N) is 1. The van der Waals surface area contributed by atoms with Gasteiger partial charge in [0.25, 0.3) is 0 Å². The summed E-state index contributed by atoms with van der Waals surface area (Å²) in [5, 5.41) is 11.4. The van der Waals surface area contributed by atoms with Crippen LogP contribution in [0.2, 0.25) is 0 Å². The van der Waals surface area contributed by atoms with E-state index in [4.69, 9.17) is 10.8 Å². The second-order valence-corrected chi connectivity index (χ2v) is 6.51. The van der Waals surface area contributed by atoms with Gasteiger partial charge >= 0.3 is 5.97 Å². The van der Waals surface area contributed by atoms with Crippen molar-refractivity contribution in [1.82, 2.24) is 9.62 Å². The lowest BCUT2D eigenvalue weighted by atomic mass is 10.2. The van der Waals surface area contributed by atoms with Gasteiger partial charge in [0.15, 0.2) is 0 Å². The van der Waals surface area contributed by atoms with E-state index in [-0.39, 0.29) is 35.1 Å². The van der Waals surface area contributed by atoms with Crippen LogP contribution >= 0.6 is 0 Å². The smallest absolute Gasteiger partial charge is 0.335 e. The van der Waals surface area contributed by atoms with Crippen LogP contribution < -0.4 is 11.1 Å². The number of hydrogen-bond donors (Lipinski definition) is 3. The summed E-state index contributed by atoms with van der Waals surface area (Å²) in [5.74, 6) is -1.57. The maximum atomic E-state index is 12.5. The summed E-state index contributed by atoms with van der Waals surface area (Å²) >= 11 is 0. The number of amides is 1. The van der Waals surface area contributed by atoms with Gasteiger partial charge in [0, 0.05) is 13.1 Å². The number of anilines is 1. The lowest BCUT2D eigenvalue weighted by Gasteiger charge is -2.19. The molecule has 1 amide bonds. The lowest BCUT2D eigenvalue weighted by Crippen LogP contribution is -2.37. The standard InChI is InChI=1S/C12H15N3O5S/c13-9-6-8(12(17)18)2-3-10(9)21(19,20)15-5-1-4-14-11(16)7-15/h2-3,6H,1,4-5,7,13H2,(H,14,16)(H,17,18). The fourth-order valence-corrected chi connectivity index (χ4v) is 3.57. The highest BCUT2D eigenvalue weighted by Gasteiger charge is 2.29.